The Morgan fingerprint density at radius 2 is 1.73 bits per heavy atom. The fraction of sp³-hybridized carbons (Fsp3) is 0.900. The summed E-state index contributed by atoms with van der Waals surface area (Å²) in [6, 6.07) is 0. The van der Waals surface area contributed by atoms with Gasteiger partial charge >= 0.3 is 0 Å². The van der Waals surface area contributed by atoms with Crippen LogP contribution in [0.1, 0.15) is 51.4 Å². The Morgan fingerprint density at radius 1 is 1.09 bits per heavy atom. The first-order valence-electron chi connectivity index (χ1n) is 4.87. The Labute approximate surface area is 69.2 Å². The van der Waals surface area contributed by atoms with Crippen LogP contribution in [0.15, 0.2) is 0 Å². The van der Waals surface area contributed by atoms with E-state index in [4.69, 9.17) is 0 Å². The molecule has 1 aliphatic carbocycles. The highest BCUT2D eigenvalue weighted by molar-refractivity contribution is 5.49. The summed E-state index contributed by atoms with van der Waals surface area (Å²) in [6.07, 6.45) is 11.3. The molecule has 0 bridgehead atoms. The molecule has 11 heavy (non-hydrogen) atoms. The Hall–Kier alpha value is -0.330. The van der Waals surface area contributed by atoms with Crippen LogP contribution in [0.4, 0.5) is 0 Å². The van der Waals surface area contributed by atoms with Crippen molar-refractivity contribution in [2.24, 2.45) is 5.92 Å². The Kier molecular flexibility index (Phi) is 4.25. The minimum Gasteiger partial charge on any atom is -0.303 e. The highest BCUT2D eigenvalue weighted by Gasteiger charge is 2.10. The number of carbonyl (C=O) groups excluding carboxylic acids is 1. The standard InChI is InChI=1S/C10H18O/c11-9-5-8-10-6-3-1-2-4-7-10/h9-10H,1-8H2. The number of carbonyl (C=O) groups is 1. The molecule has 1 fully saturated rings. The molecule has 1 rings (SSSR count). The summed E-state index contributed by atoms with van der Waals surface area (Å²) >= 11 is 0. The highest BCUT2D eigenvalue weighted by Crippen LogP contribution is 2.25. The highest BCUT2D eigenvalue weighted by atomic mass is 16.1. The first-order chi connectivity index (χ1) is 5.43. The van der Waals surface area contributed by atoms with Crippen molar-refractivity contribution in [1.82, 2.24) is 0 Å². The van der Waals surface area contributed by atoms with Gasteiger partial charge in [-0.15, -0.1) is 0 Å². The second-order valence-corrected chi connectivity index (χ2v) is 3.60. The third-order valence-corrected chi connectivity index (χ3v) is 2.67. The summed E-state index contributed by atoms with van der Waals surface area (Å²) in [4.78, 5) is 10.1. The molecule has 0 heterocycles. The fourth-order valence-electron chi connectivity index (χ4n) is 1.96. The second-order valence-electron chi connectivity index (χ2n) is 3.60. The van der Waals surface area contributed by atoms with Gasteiger partial charge in [0.2, 0.25) is 0 Å². The minimum atomic E-state index is 0.782. The van der Waals surface area contributed by atoms with Crippen LogP contribution in [0.3, 0.4) is 0 Å². The molecule has 0 N–H and O–H groups in total. The van der Waals surface area contributed by atoms with E-state index < -0.39 is 0 Å². The van der Waals surface area contributed by atoms with E-state index in [2.05, 4.69) is 0 Å². The summed E-state index contributed by atoms with van der Waals surface area (Å²) in [7, 11) is 0. The average molecular weight is 154 g/mol. The Morgan fingerprint density at radius 3 is 2.27 bits per heavy atom. The molecule has 1 heteroatoms. The second kappa shape index (κ2) is 5.34. The van der Waals surface area contributed by atoms with Gasteiger partial charge in [-0.2, -0.15) is 0 Å². The van der Waals surface area contributed by atoms with Gasteiger partial charge < -0.3 is 4.79 Å². The number of hydrogen-bond acceptors (Lipinski definition) is 1. The Balaban J connectivity index is 2.14. The quantitative estimate of drug-likeness (QED) is 0.451. The van der Waals surface area contributed by atoms with E-state index in [-0.39, 0.29) is 0 Å². The molecule has 0 atom stereocenters. The summed E-state index contributed by atoms with van der Waals surface area (Å²) in [5.41, 5.74) is 0. The van der Waals surface area contributed by atoms with Gasteiger partial charge in [-0.05, 0) is 12.3 Å². The van der Waals surface area contributed by atoms with Crippen LogP contribution in [-0.4, -0.2) is 6.29 Å². The zero-order valence-electron chi connectivity index (χ0n) is 7.22. The van der Waals surface area contributed by atoms with E-state index in [1.54, 1.807) is 0 Å². The smallest absolute Gasteiger partial charge is 0.120 e. The van der Waals surface area contributed by atoms with Crippen molar-refractivity contribution in [1.29, 1.82) is 0 Å². The van der Waals surface area contributed by atoms with Crippen LogP contribution in [0.25, 0.3) is 0 Å². The van der Waals surface area contributed by atoms with Gasteiger partial charge in [-0.25, -0.2) is 0 Å². The molecule has 0 radical (unpaired) electrons. The zero-order chi connectivity index (χ0) is 7.94. The molecule has 1 saturated carbocycles. The molecule has 0 unspecified atom stereocenters. The maximum absolute atomic E-state index is 10.1. The van der Waals surface area contributed by atoms with Crippen molar-refractivity contribution in [3.63, 3.8) is 0 Å². The van der Waals surface area contributed by atoms with Gasteiger partial charge in [0.25, 0.3) is 0 Å². The summed E-state index contributed by atoms with van der Waals surface area (Å²) in [5.74, 6) is 0.864. The van der Waals surface area contributed by atoms with Crippen molar-refractivity contribution < 1.29 is 4.79 Å². The summed E-state index contributed by atoms with van der Waals surface area (Å²) in [6.45, 7) is 0. The van der Waals surface area contributed by atoms with Crippen LogP contribution >= 0.6 is 0 Å². The molecule has 64 valence electrons. The van der Waals surface area contributed by atoms with Crippen LogP contribution in [0.5, 0.6) is 0 Å². The van der Waals surface area contributed by atoms with E-state index in [9.17, 15) is 4.79 Å². The lowest BCUT2D eigenvalue weighted by Crippen LogP contribution is -1.98. The molecule has 1 nitrogen and oxygen atoms in total. The van der Waals surface area contributed by atoms with Crippen molar-refractivity contribution in [3.8, 4) is 0 Å². The van der Waals surface area contributed by atoms with Crippen LogP contribution in [0, 0.1) is 5.92 Å². The number of hydrogen-bond donors (Lipinski definition) is 0. The van der Waals surface area contributed by atoms with Crippen LogP contribution in [-0.2, 0) is 4.79 Å². The lowest BCUT2D eigenvalue weighted by atomic mass is 9.95. The van der Waals surface area contributed by atoms with Crippen molar-refractivity contribution in [2.75, 3.05) is 0 Å². The SMILES string of the molecule is O=CCCC1CCCCCC1. The van der Waals surface area contributed by atoms with Gasteiger partial charge in [0.15, 0.2) is 0 Å². The predicted molar refractivity (Wildman–Crippen MR) is 46.5 cm³/mol. The summed E-state index contributed by atoms with van der Waals surface area (Å²) in [5, 5.41) is 0. The monoisotopic (exact) mass is 154 g/mol. The molecule has 0 saturated heterocycles. The van der Waals surface area contributed by atoms with Crippen molar-refractivity contribution in [3.05, 3.63) is 0 Å². The first kappa shape index (κ1) is 8.76. The lowest BCUT2D eigenvalue weighted by molar-refractivity contribution is -0.108. The predicted octanol–water partition coefficient (Wildman–Crippen LogP) is 2.94. The third kappa shape index (κ3) is 3.54. The van der Waals surface area contributed by atoms with Gasteiger partial charge in [0, 0.05) is 6.42 Å². The fourth-order valence-corrected chi connectivity index (χ4v) is 1.96. The van der Waals surface area contributed by atoms with E-state index in [0.717, 1.165) is 25.0 Å². The third-order valence-electron chi connectivity index (χ3n) is 2.67. The van der Waals surface area contributed by atoms with Gasteiger partial charge in [0.1, 0.15) is 6.29 Å². The normalized spacial score (nSPS) is 21.1. The van der Waals surface area contributed by atoms with Crippen LogP contribution in [0.2, 0.25) is 0 Å². The van der Waals surface area contributed by atoms with Gasteiger partial charge in [-0.1, -0.05) is 38.5 Å². The van der Waals surface area contributed by atoms with E-state index >= 15 is 0 Å². The molecule has 1 aliphatic rings. The maximum Gasteiger partial charge on any atom is 0.120 e. The minimum absolute atomic E-state index is 0.782. The van der Waals surface area contributed by atoms with Gasteiger partial charge in [-0.3, -0.25) is 0 Å². The average Bonchev–Trinajstić information content (AvgIpc) is 2.28. The molecule has 0 amide bonds. The molecule has 0 aromatic heterocycles. The molecular weight excluding hydrogens is 136 g/mol. The lowest BCUT2D eigenvalue weighted by Gasteiger charge is -2.10. The maximum atomic E-state index is 10.1. The molecule has 0 spiro atoms. The molecular formula is C10H18O. The van der Waals surface area contributed by atoms with E-state index in [0.29, 0.717) is 0 Å². The van der Waals surface area contributed by atoms with Gasteiger partial charge in [0.05, 0.1) is 0 Å². The number of aldehydes is 1. The molecule has 0 aromatic rings. The topological polar surface area (TPSA) is 17.1 Å². The van der Waals surface area contributed by atoms with Crippen molar-refractivity contribution >= 4 is 6.29 Å². The van der Waals surface area contributed by atoms with E-state index in [1.807, 2.05) is 0 Å². The largest absolute Gasteiger partial charge is 0.303 e. The number of rotatable bonds is 3. The summed E-state index contributed by atoms with van der Waals surface area (Å²) < 4.78 is 0. The Bertz CT molecular complexity index is 101. The first-order valence-corrected chi connectivity index (χ1v) is 4.87. The van der Waals surface area contributed by atoms with E-state index in [1.165, 1.54) is 38.5 Å². The van der Waals surface area contributed by atoms with Crippen molar-refractivity contribution in [2.45, 2.75) is 51.4 Å². The zero-order valence-corrected chi connectivity index (χ0v) is 7.22. The molecule has 0 aromatic carbocycles. The molecule has 0 aliphatic heterocycles. The van der Waals surface area contributed by atoms with Crippen LogP contribution < -0.4 is 0 Å².